The molecule has 0 aromatic heterocycles. The minimum atomic E-state index is -2.90. The number of nitrogens with zero attached hydrogens (tertiary/aromatic N) is 1. The molecule has 2 aliphatic heterocycles. The summed E-state index contributed by atoms with van der Waals surface area (Å²) in [6.07, 6.45) is 2.85. The number of anilines is 1. The van der Waals surface area contributed by atoms with Gasteiger partial charge in [0.25, 0.3) is 0 Å². The van der Waals surface area contributed by atoms with Crippen molar-refractivity contribution in [1.82, 2.24) is 0 Å². The van der Waals surface area contributed by atoms with Gasteiger partial charge in [0, 0.05) is 17.0 Å². The molecular formula is C21H32NO4P. The van der Waals surface area contributed by atoms with Gasteiger partial charge in [-0.05, 0) is 25.0 Å². The van der Waals surface area contributed by atoms with Crippen molar-refractivity contribution in [3.8, 4) is 5.75 Å². The fourth-order valence-electron chi connectivity index (χ4n) is 3.60. The van der Waals surface area contributed by atoms with Crippen LogP contribution in [0.15, 0.2) is 18.2 Å². The molecule has 6 heteroatoms. The zero-order valence-electron chi connectivity index (χ0n) is 17.4. The molecule has 2 heterocycles. The monoisotopic (exact) mass is 393 g/mol. The van der Waals surface area contributed by atoms with Crippen LogP contribution in [-0.4, -0.2) is 30.2 Å². The smallest absolute Gasteiger partial charge is 0.232 e. The van der Waals surface area contributed by atoms with E-state index in [0.29, 0.717) is 17.7 Å². The van der Waals surface area contributed by atoms with Gasteiger partial charge in [-0.2, -0.15) is 0 Å². The zero-order valence-corrected chi connectivity index (χ0v) is 18.3. The number of carbonyl (C=O) groups excluding carboxylic acids is 1. The number of hydrogen-bond acceptors (Lipinski definition) is 4. The second-order valence-corrected chi connectivity index (χ2v) is 13.1. The van der Waals surface area contributed by atoms with Crippen molar-refractivity contribution in [2.75, 3.05) is 17.8 Å². The minimum Gasteiger partial charge on any atom is -0.464 e. The van der Waals surface area contributed by atoms with Crippen LogP contribution in [-0.2, 0) is 14.1 Å². The van der Waals surface area contributed by atoms with Crippen LogP contribution in [0.2, 0.25) is 0 Å². The first kappa shape index (κ1) is 20.4. The lowest BCUT2D eigenvalue weighted by molar-refractivity contribution is -0.125. The summed E-state index contributed by atoms with van der Waals surface area (Å²) in [5, 5.41) is 0.228. The molecule has 27 heavy (non-hydrogen) atoms. The van der Waals surface area contributed by atoms with Crippen molar-refractivity contribution in [3.63, 3.8) is 0 Å². The van der Waals surface area contributed by atoms with E-state index in [1.54, 1.807) is 4.90 Å². The third-order valence-corrected chi connectivity index (χ3v) is 9.36. The molecule has 1 fully saturated rings. The van der Waals surface area contributed by atoms with Crippen molar-refractivity contribution in [3.05, 3.63) is 18.2 Å². The highest BCUT2D eigenvalue weighted by Gasteiger charge is 2.51. The normalized spacial score (nSPS) is 26.0. The van der Waals surface area contributed by atoms with Gasteiger partial charge >= 0.3 is 0 Å². The minimum absolute atomic E-state index is 0.0169. The van der Waals surface area contributed by atoms with Gasteiger partial charge in [0.2, 0.25) is 5.91 Å². The number of carbonyl (C=O) groups is 1. The molecule has 2 atom stereocenters. The predicted molar refractivity (Wildman–Crippen MR) is 109 cm³/mol. The van der Waals surface area contributed by atoms with E-state index in [0.717, 1.165) is 24.9 Å². The Bertz CT molecular complexity index is 769. The molecule has 1 aromatic carbocycles. The Kier molecular flexibility index (Phi) is 5.24. The molecule has 2 unspecified atom stereocenters. The topological polar surface area (TPSA) is 55.8 Å². The largest absolute Gasteiger partial charge is 0.464 e. The summed E-state index contributed by atoms with van der Waals surface area (Å²) in [7, 11) is -2.90. The molecule has 0 aliphatic carbocycles. The highest BCUT2D eigenvalue weighted by Crippen LogP contribution is 2.64. The van der Waals surface area contributed by atoms with E-state index in [1.807, 2.05) is 59.7 Å². The Labute approximate surface area is 162 Å². The van der Waals surface area contributed by atoms with E-state index >= 15 is 0 Å². The second-order valence-electron chi connectivity index (χ2n) is 9.57. The Morgan fingerprint density at radius 2 is 1.89 bits per heavy atom. The number of hydrogen-bond donors (Lipinski definition) is 0. The van der Waals surface area contributed by atoms with Crippen molar-refractivity contribution >= 4 is 24.0 Å². The summed E-state index contributed by atoms with van der Waals surface area (Å²) < 4.78 is 26.1. The maximum absolute atomic E-state index is 14.2. The second kappa shape index (κ2) is 6.93. The Balaban J connectivity index is 2.09. The van der Waals surface area contributed by atoms with Gasteiger partial charge in [-0.3, -0.25) is 4.79 Å². The number of benzene rings is 1. The van der Waals surface area contributed by atoms with E-state index in [2.05, 4.69) is 0 Å². The lowest BCUT2D eigenvalue weighted by atomic mass is 9.95. The highest BCUT2D eigenvalue weighted by molar-refractivity contribution is 7.74. The van der Waals surface area contributed by atoms with Crippen LogP contribution in [0.1, 0.15) is 60.8 Å². The molecule has 1 saturated heterocycles. The predicted octanol–water partition coefficient (Wildman–Crippen LogP) is 4.73. The quantitative estimate of drug-likeness (QED) is 0.682. The van der Waals surface area contributed by atoms with Crippen molar-refractivity contribution in [2.24, 2.45) is 5.41 Å². The van der Waals surface area contributed by atoms with Gasteiger partial charge in [0.15, 0.2) is 6.29 Å². The van der Waals surface area contributed by atoms with Crippen molar-refractivity contribution in [1.29, 1.82) is 0 Å². The average Bonchev–Trinajstić information content (AvgIpc) is 2.89. The fourth-order valence-corrected chi connectivity index (χ4v) is 6.57. The van der Waals surface area contributed by atoms with Gasteiger partial charge in [0.1, 0.15) is 12.9 Å². The summed E-state index contributed by atoms with van der Waals surface area (Å²) in [6.45, 7) is 12.3. The SMILES string of the molecule is CC(C)(C)C(=O)N1CP(=O)(C(C)(C)C)c2c(OC3CCCCO3)cccc21. The maximum atomic E-state index is 14.2. The zero-order chi connectivity index (χ0) is 20.0. The summed E-state index contributed by atoms with van der Waals surface area (Å²) in [6, 6.07) is 5.62. The van der Waals surface area contributed by atoms with Crippen molar-refractivity contribution < 1.29 is 18.8 Å². The van der Waals surface area contributed by atoms with Crippen LogP contribution in [0, 0.1) is 5.41 Å². The molecule has 0 saturated carbocycles. The first-order chi connectivity index (χ1) is 12.4. The Hall–Kier alpha value is -1.32. The first-order valence-corrected chi connectivity index (χ1v) is 11.7. The Morgan fingerprint density at radius 1 is 1.19 bits per heavy atom. The molecule has 1 aromatic rings. The van der Waals surface area contributed by atoms with E-state index in [-0.39, 0.29) is 18.5 Å². The first-order valence-electron chi connectivity index (χ1n) is 9.78. The summed E-state index contributed by atoms with van der Waals surface area (Å²) in [5.41, 5.74) is 0.176. The van der Waals surface area contributed by atoms with Gasteiger partial charge < -0.3 is 18.9 Å². The number of amides is 1. The highest BCUT2D eigenvalue weighted by atomic mass is 31.2. The van der Waals surface area contributed by atoms with Crippen LogP contribution in [0.3, 0.4) is 0 Å². The maximum Gasteiger partial charge on any atom is 0.232 e. The van der Waals surface area contributed by atoms with Gasteiger partial charge in [-0.25, -0.2) is 0 Å². The van der Waals surface area contributed by atoms with Crippen LogP contribution in [0.25, 0.3) is 0 Å². The molecule has 3 rings (SSSR count). The van der Waals surface area contributed by atoms with Crippen LogP contribution in [0.4, 0.5) is 5.69 Å². The standard InChI is InChI=1S/C21H32NO4P/c1-20(2,3)19(23)22-14-27(24,21(4,5)6)18-15(22)10-9-11-16(18)26-17-12-7-8-13-25-17/h9-11,17H,7-8,12-14H2,1-6H3. The number of fused-ring (bicyclic) bond motifs is 1. The van der Waals surface area contributed by atoms with Crippen LogP contribution in [0.5, 0.6) is 5.75 Å². The van der Waals surface area contributed by atoms with E-state index in [4.69, 9.17) is 9.47 Å². The van der Waals surface area contributed by atoms with Gasteiger partial charge in [0.05, 0.1) is 23.9 Å². The van der Waals surface area contributed by atoms with Gasteiger partial charge in [-0.15, -0.1) is 0 Å². The summed E-state index contributed by atoms with van der Waals surface area (Å²) in [5.74, 6) is 0.582. The molecular weight excluding hydrogens is 361 g/mol. The average molecular weight is 393 g/mol. The number of rotatable bonds is 2. The van der Waals surface area contributed by atoms with E-state index < -0.39 is 17.7 Å². The molecule has 0 spiro atoms. The Morgan fingerprint density at radius 3 is 2.44 bits per heavy atom. The number of ether oxygens (including phenoxy) is 2. The summed E-state index contributed by atoms with van der Waals surface area (Å²) >= 11 is 0. The van der Waals surface area contributed by atoms with E-state index in [9.17, 15) is 9.36 Å². The van der Waals surface area contributed by atoms with Crippen molar-refractivity contribution in [2.45, 2.75) is 72.3 Å². The third-order valence-electron chi connectivity index (χ3n) is 5.34. The molecule has 0 bridgehead atoms. The molecule has 2 aliphatic rings. The lowest BCUT2D eigenvalue weighted by Gasteiger charge is -2.31. The van der Waals surface area contributed by atoms with Gasteiger partial charge in [-0.1, -0.05) is 47.6 Å². The van der Waals surface area contributed by atoms with E-state index in [1.165, 1.54) is 0 Å². The molecule has 5 nitrogen and oxygen atoms in total. The molecule has 0 radical (unpaired) electrons. The van der Waals surface area contributed by atoms with Crippen LogP contribution < -0.4 is 14.9 Å². The molecule has 150 valence electrons. The lowest BCUT2D eigenvalue weighted by Crippen LogP contribution is -2.38. The third kappa shape index (κ3) is 3.69. The summed E-state index contributed by atoms with van der Waals surface area (Å²) in [4.78, 5) is 14.8. The van der Waals surface area contributed by atoms with Crippen LogP contribution >= 0.6 is 7.14 Å². The fraction of sp³-hybridized carbons (Fsp3) is 0.667. The molecule has 1 amide bonds. The molecule has 0 N–H and O–H groups in total.